The molecule has 4 heteroatoms. The predicted molar refractivity (Wildman–Crippen MR) is 54.8 cm³/mol. The molecular formula is C10H17N3O. The van der Waals surface area contributed by atoms with Crippen LogP contribution in [-0.4, -0.2) is 22.1 Å². The molecule has 1 rings (SSSR count). The first kappa shape index (κ1) is 10.9. The summed E-state index contributed by atoms with van der Waals surface area (Å²) >= 11 is 0. The van der Waals surface area contributed by atoms with Gasteiger partial charge in [0.15, 0.2) is 0 Å². The molecule has 78 valence electrons. The molecule has 1 heterocycles. The lowest BCUT2D eigenvalue weighted by Gasteiger charge is -2.19. The van der Waals surface area contributed by atoms with Crippen molar-refractivity contribution in [2.75, 3.05) is 6.54 Å². The predicted octanol–water partition coefficient (Wildman–Crippen LogP) is 0.517. The molecule has 0 fully saturated rings. The number of ketones is 1. The van der Waals surface area contributed by atoms with E-state index in [0.29, 0.717) is 13.0 Å². The van der Waals surface area contributed by atoms with Crippen molar-refractivity contribution in [2.45, 2.75) is 20.3 Å². The van der Waals surface area contributed by atoms with Gasteiger partial charge in [-0.1, -0.05) is 13.8 Å². The number of rotatable bonds is 4. The molecule has 1 aromatic rings. The highest BCUT2D eigenvalue weighted by atomic mass is 16.1. The first-order valence-corrected chi connectivity index (χ1v) is 4.66. The van der Waals surface area contributed by atoms with Gasteiger partial charge in [-0.15, -0.1) is 0 Å². The molecule has 0 spiro atoms. The highest BCUT2D eigenvalue weighted by Crippen LogP contribution is 2.17. The second-order valence-electron chi connectivity index (χ2n) is 4.21. The summed E-state index contributed by atoms with van der Waals surface area (Å²) in [6.45, 7) is 4.11. The maximum atomic E-state index is 11.8. The van der Waals surface area contributed by atoms with Gasteiger partial charge < -0.3 is 5.73 Å². The number of hydrogen-bond donors (Lipinski definition) is 1. The van der Waals surface area contributed by atoms with E-state index in [1.54, 1.807) is 10.9 Å². The number of aromatic nitrogens is 2. The van der Waals surface area contributed by atoms with Crippen LogP contribution >= 0.6 is 0 Å². The van der Waals surface area contributed by atoms with Crippen LogP contribution in [0.1, 0.15) is 19.4 Å². The van der Waals surface area contributed by atoms with Gasteiger partial charge in [0.1, 0.15) is 5.78 Å². The van der Waals surface area contributed by atoms with Crippen molar-refractivity contribution in [1.82, 2.24) is 9.78 Å². The Balaban J connectivity index is 2.66. The Labute approximate surface area is 84.1 Å². The van der Waals surface area contributed by atoms with E-state index in [2.05, 4.69) is 5.10 Å². The fourth-order valence-corrected chi connectivity index (χ4v) is 1.10. The minimum absolute atomic E-state index is 0.160. The number of carbonyl (C=O) groups is 1. The molecule has 0 saturated heterocycles. The Morgan fingerprint density at radius 3 is 2.71 bits per heavy atom. The lowest BCUT2D eigenvalue weighted by Crippen LogP contribution is -2.33. The Morgan fingerprint density at radius 2 is 2.29 bits per heavy atom. The molecule has 0 atom stereocenters. The highest BCUT2D eigenvalue weighted by molar-refractivity contribution is 5.86. The number of nitrogens with two attached hydrogens (primary N) is 1. The van der Waals surface area contributed by atoms with E-state index < -0.39 is 5.41 Å². The van der Waals surface area contributed by atoms with Crippen LogP contribution in [0.15, 0.2) is 12.4 Å². The third-order valence-corrected chi connectivity index (χ3v) is 2.39. The van der Waals surface area contributed by atoms with Crippen molar-refractivity contribution in [3.8, 4) is 0 Å². The van der Waals surface area contributed by atoms with E-state index >= 15 is 0 Å². The van der Waals surface area contributed by atoms with Gasteiger partial charge in [-0.25, -0.2) is 0 Å². The van der Waals surface area contributed by atoms with Crippen molar-refractivity contribution < 1.29 is 4.79 Å². The largest absolute Gasteiger partial charge is 0.329 e. The van der Waals surface area contributed by atoms with Gasteiger partial charge in [0, 0.05) is 31.6 Å². The molecule has 2 N–H and O–H groups in total. The summed E-state index contributed by atoms with van der Waals surface area (Å²) in [6, 6.07) is 0. The van der Waals surface area contributed by atoms with E-state index in [1.165, 1.54) is 0 Å². The summed E-state index contributed by atoms with van der Waals surface area (Å²) in [5, 5.41) is 4.01. The number of carbonyl (C=O) groups excluding carboxylic acids is 1. The van der Waals surface area contributed by atoms with Crippen LogP contribution in [0, 0.1) is 5.41 Å². The fraction of sp³-hybridized carbons (Fsp3) is 0.600. The van der Waals surface area contributed by atoms with E-state index in [0.717, 1.165) is 5.56 Å². The smallest absolute Gasteiger partial charge is 0.144 e. The lowest BCUT2D eigenvalue weighted by atomic mass is 9.85. The standard InChI is InChI=1S/C10H17N3O/c1-10(2,7-11)9(14)4-8-5-12-13(3)6-8/h5-6H,4,7,11H2,1-3H3. The molecule has 0 aromatic carbocycles. The first-order valence-electron chi connectivity index (χ1n) is 4.66. The zero-order chi connectivity index (χ0) is 10.8. The van der Waals surface area contributed by atoms with Gasteiger partial charge in [0.25, 0.3) is 0 Å². The molecule has 0 unspecified atom stereocenters. The molecule has 14 heavy (non-hydrogen) atoms. The highest BCUT2D eigenvalue weighted by Gasteiger charge is 2.25. The molecule has 0 amide bonds. The summed E-state index contributed by atoms with van der Waals surface area (Å²) in [5.41, 5.74) is 6.03. The summed E-state index contributed by atoms with van der Waals surface area (Å²) in [4.78, 5) is 11.8. The number of Topliss-reactive ketones (excluding diaryl/α,β-unsaturated/α-hetero) is 1. The van der Waals surface area contributed by atoms with Gasteiger partial charge in [-0.2, -0.15) is 5.10 Å². The SMILES string of the molecule is Cn1cc(CC(=O)C(C)(C)CN)cn1. The quantitative estimate of drug-likeness (QED) is 0.761. The summed E-state index contributed by atoms with van der Waals surface area (Å²) in [5.74, 6) is 0.160. The molecule has 0 aliphatic carbocycles. The van der Waals surface area contributed by atoms with Crippen molar-refractivity contribution in [2.24, 2.45) is 18.2 Å². The molecule has 4 nitrogen and oxygen atoms in total. The second kappa shape index (κ2) is 3.92. The molecule has 1 aromatic heterocycles. The van der Waals surface area contributed by atoms with Crippen LogP contribution in [0.5, 0.6) is 0 Å². The van der Waals surface area contributed by atoms with Crippen molar-refractivity contribution in [1.29, 1.82) is 0 Å². The van der Waals surface area contributed by atoms with Gasteiger partial charge in [-0.05, 0) is 5.56 Å². The maximum absolute atomic E-state index is 11.8. The van der Waals surface area contributed by atoms with Gasteiger partial charge >= 0.3 is 0 Å². The molecule has 0 radical (unpaired) electrons. The van der Waals surface area contributed by atoms with Gasteiger partial charge in [0.05, 0.1) is 6.20 Å². The first-order chi connectivity index (χ1) is 6.45. The molecular weight excluding hydrogens is 178 g/mol. The summed E-state index contributed by atoms with van der Waals surface area (Å²) in [7, 11) is 1.84. The van der Waals surface area contributed by atoms with Crippen LogP contribution in [0.25, 0.3) is 0 Å². The van der Waals surface area contributed by atoms with Crippen molar-refractivity contribution in [3.05, 3.63) is 18.0 Å². The second-order valence-corrected chi connectivity index (χ2v) is 4.21. The normalized spacial score (nSPS) is 11.7. The summed E-state index contributed by atoms with van der Waals surface area (Å²) in [6.07, 6.45) is 3.98. The lowest BCUT2D eigenvalue weighted by molar-refractivity contribution is -0.125. The Hall–Kier alpha value is -1.16. The summed E-state index contributed by atoms with van der Waals surface area (Å²) < 4.78 is 1.69. The van der Waals surface area contributed by atoms with Crippen LogP contribution in [0.2, 0.25) is 0 Å². The average molecular weight is 195 g/mol. The minimum atomic E-state index is -0.435. The number of hydrogen-bond acceptors (Lipinski definition) is 3. The van der Waals surface area contributed by atoms with Crippen LogP contribution in [-0.2, 0) is 18.3 Å². The van der Waals surface area contributed by atoms with E-state index in [4.69, 9.17) is 5.73 Å². The third-order valence-electron chi connectivity index (χ3n) is 2.39. The number of aryl methyl sites for hydroxylation is 1. The monoisotopic (exact) mass is 195 g/mol. The maximum Gasteiger partial charge on any atom is 0.144 e. The van der Waals surface area contributed by atoms with E-state index in [9.17, 15) is 4.79 Å². The zero-order valence-electron chi connectivity index (χ0n) is 8.95. The topological polar surface area (TPSA) is 60.9 Å². The van der Waals surface area contributed by atoms with Crippen molar-refractivity contribution >= 4 is 5.78 Å². The third kappa shape index (κ3) is 2.42. The van der Waals surface area contributed by atoms with Gasteiger partial charge in [-0.3, -0.25) is 9.48 Å². The van der Waals surface area contributed by atoms with Gasteiger partial charge in [0.2, 0.25) is 0 Å². The van der Waals surface area contributed by atoms with E-state index in [1.807, 2.05) is 27.1 Å². The minimum Gasteiger partial charge on any atom is -0.329 e. The fourth-order valence-electron chi connectivity index (χ4n) is 1.10. The Kier molecular flexibility index (Phi) is 3.06. The molecule has 0 aliphatic heterocycles. The van der Waals surface area contributed by atoms with Crippen LogP contribution in [0.4, 0.5) is 0 Å². The van der Waals surface area contributed by atoms with Crippen LogP contribution in [0.3, 0.4) is 0 Å². The Bertz CT molecular complexity index is 328. The average Bonchev–Trinajstić information content (AvgIpc) is 2.51. The molecule has 0 bridgehead atoms. The van der Waals surface area contributed by atoms with Crippen molar-refractivity contribution in [3.63, 3.8) is 0 Å². The number of nitrogens with zero attached hydrogens (tertiary/aromatic N) is 2. The molecule has 0 saturated carbocycles. The Morgan fingerprint density at radius 1 is 1.64 bits per heavy atom. The van der Waals surface area contributed by atoms with Crippen LogP contribution < -0.4 is 5.73 Å². The molecule has 0 aliphatic rings. The zero-order valence-corrected chi connectivity index (χ0v) is 8.95. The van der Waals surface area contributed by atoms with E-state index in [-0.39, 0.29) is 5.78 Å².